The van der Waals surface area contributed by atoms with Crippen molar-refractivity contribution in [1.29, 1.82) is 0 Å². The highest BCUT2D eigenvalue weighted by atomic mass is 35.5. The summed E-state index contributed by atoms with van der Waals surface area (Å²) in [5.41, 5.74) is 0.589. The third-order valence-electron chi connectivity index (χ3n) is 5.37. The number of aliphatic carboxylic acids is 1. The topological polar surface area (TPSA) is 103 Å². The lowest BCUT2D eigenvalue weighted by atomic mass is 10.1. The van der Waals surface area contributed by atoms with Crippen LogP contribution in [0.15, 0.2) is 12.3 Å². The summed E-state index contributed by atoms with van der Waals surface area (Å²) in [4.78, 5) is 46.1. The summed E-state index contributed by atoms with van der Waals surface area (Å²) in [6.07, 6.45) is 4.79. The molecule has 0 radical (unpaired) electrons. The molecule has 2 aromatic rings. The third kappa shape index (κ3) is 7.65. The van der Waals surface area contributed by atoms with Crippen LogP contribution in [0.25, 0.3) is 0 Å². The van der Waals surface area contributed by atoms with Crippen molar-refractivity contribution in [3.8, 4) is 0 Å². The second kappa shape index (κ2) is 12.7. The van der Waals surface area contributed by atoms with Gasteiger partial charge < -0.3 is 10.0 Å². The number of unbranched alkanes of at least 4 members (excludes halogenated alkanes) is 1. The van der Waals surface area contributed by atoms with Crippen molar-refractivity contribution in [1.82, 2.24) is 14.8 Å². The number of carbonyl (C=O) groups excluding carboxylic acids is 2. The number of likely N-dealkylation sites (N-methyl/N-ethyl adjacent to an activating group) is 1. The fourth-order valence-corrected chi connectivity index (χ4v) is 5.77. The Labute approximate surface area is 212 Å². The minimum absolute atomic E-state index is 0. The van der Waals surface area contributed by atoms with Crippen molar-refractivity contribution in [2.75, 3.05) is 32.0 Å². The predicted molar refractivity (Wildman–Crippen MR) is 134 cm³/mol. The molecule has 0 spiro atoms. The first kappa shape index (κ1) is 27.5. The van der Waals surface area contributed by atoms with E-state index in [2.05, 4.69) is 10.3 Å². The quantitative estimate of drug-likeness (QED) is 0.428. The SMILES string of the molecule is Cc1sc(C2CCCN2C(=O)CN(C)CCCCC(=O)O)cc1C(=O)Nc1ncc(Cl)s1.Cl. The van der Waals surface area contributed by atoms with Crippen LogP contribution in [-0.4, -0.2) is 64.4 Å². The lowest BCUT2D eigenvalue weighted by molar-refractivity contribution is -0.137. The normalized spacial score (nSPS) is 15.5. The molecule has 182 valence electrons. The van der Waals surface area contributed by atoms with Gasteiger partial charge in [0.15, 0.2) is 5.13 Å². The molecule has 8 nitrogen and oxygen atoms in total. The summed E-state index contributed by atoms with van der Waals surface area (Å²) in [7, 11) is 1.88. The molecular weight excluding hydrogens is 507 g/mol. The zero-order valence-electron chi connectivity index (χ0n) is 18.5. The minimum atomic E-state index is -0.793. The van der Waals surface area contributed by atoms with Gasteiger partial charge >= 0.3 is 5.97 Å². The molecule has 1 atom stereocenters. The van der Waals surface area contributed by atoms with Crippen molar-refractivity contribution in [3.05, 3.63) is 31.9 Å². The van der Waals surface area contributed by atoms with Gasteiger partial charge in [0, 0.05) is 22.7 Å². The van der Waals surface area contributed by atoms with Crippen molar-refractivity contribution in [2.24, 2.45) is 0 Å². The minimum Gasteiger partial charge on any atom is -0.481 e. The number of aromatic nitrogens is 1. The zero-order valence-corrected chi connectivity index (χ0v) is 21.7. The van der Waals surface area contributed by atoms with Gasteiger partial charge in [-0.05, 0) is 52.3 Å². The standard InChI is InChI=1S/C21H27ClN4O4S2.ClH/c1-13-14(20(30)24-21-23-11-17(22)32-21)10-16(31-13)15-6-5-9-26(15)18(27)12-25(2)8-4-3-7-19(28)29;/h10-11,15H,3-9,12H2,1-2H3,(H,28,29)(H,23,24,30);1H. The van der Waals surface area contributed by atoms with Crippen LogP contribution in [0.1, 0.15) is 58.3 Å². The van der Waals surface area contributed by atoms with Gasteiger partial charge in [-0.25, -0.2) is 4.98 Å². The first-order valence-corrected chi connectivity index (χ1v) is 12.5. The van der Waals surface area contributed by atoms with Crippen molar-refractivity contribution in [3.63, 3.8) is 0 Å². The Morgan fingerprint density at radius 2 is 2.09 bits per heavy atom. The van der Waals surface area contributed by atoms with E-state index >= 15 is 0 Å². The van der Waals surface area contributed by atoms with Gasteiger partial charge in [0.2, 0.25) is 5.91 Å². The highest BCUT2D eigenvalue weighted by molar-refractivity contribution is 7.19. The smallest absolute Gasteiger partial charge is 0.303 e. The average molecular weight is 536 g/mol. The number of amides is 2. The summed E-state index contributed by atoms with van der Waals surface area (Å²) >= 11 is 8.64. The van der Waals surface area contributed by atoms with Gasteiger partial charge in [-0.2, -0.15) is 0 Å². The molecular formula is C21H28Cl2N4O4S2. The predicted octanol–water partition coefficient (Wildman–Crippen LogP) is 4.69. The van der Waals surface area contributed by atoms with Crippen LogP contribution >= 0.6 is 46.7 Å². The van der Waals surface area contributed by atoms with Gasteiger partial charge in [-0.1, -0.05) is 22.9 Å². The van der Waals surface area contributed by atoms with E-state index in [1.165, 1.54) is 17.5 Å². The molecule has 1 aliphatic rings. The highest BCUT2D eigenvalue weighted by Gasteiger charge is 2.32. The van der Waals surface area contributed by atoms with Crippen LogP contribution in [0.2, 0.25) is 4.34 Å². The fourth-order valence-electron chi connectivity index (χ4n) is 3.79. The average Bonchev–Trinajstić information content (AvgIpc) is 3.44. The Morgan fingerprint density at radius 3 is 2.76 bits per heavy atom. The van der Waals surface area contributed by atoms with Gasteiger partial charge in [-0.3, -0.25) is 24.6 Å². The van der Waals surface area contributed by atoms with Gasteiger partial charge in [0.25, 0.3) is 5.91 Å². The largest absolute Gasteiger partial charge is 0.481 e. The van der Waals surface area contributed by atoms with Crippen molar-refractivity contribution in [2.45, 2.75) is 45.1 Å². The number of hydrogen-bond acceptors (Lipinski definition) is 7. The molecule has 1 fully saturated rings. The first-order valence-electron chi connectivity index (χ1n) is 10.5. The summed E-state index contributed by atoms with van der Waals surface area (Å²) in [6, 6.07) is 1.86. The number of nitrogens with one attached hydrogen (secondary N) is 1. The number of carbonyl (C=O) groups is 3. The molecule has 1 unspecified atom stereocenters. The van der Waals surface area contributed by atoms with E-state index in [1.807, 2.05) is 29.8 Å². The summed E-state index contributed by atoms with van der Waals surface area (Å²) in [6.45, 7) is 3.59. The third-order valence-corrected chi connectivity index (χ3v) is 7.55. The van der Waals surface area contributed by atoms with Crippen LogP contribution < -0.4 is 5.32 Å². The molecule has 2 N–H and O–H groups in total. The number of thiazole rings is 1. The molecule has 3 heterocycles. The van der Waals surface area contributed by atoms with E-state index in [0.717, 1.165) is 29.0 Å². The number of nitrogens with zero attached hydrogens (tertiary/aromatic N) is 3. The number of carboxylic acids is 1. The maximum atomic E-state index is 12.9. The molecule has 1 aliphatic heterocycles. The maximum absolute atomic E-state index is 12.9. The van der Waals surface area contributed by atoms with Crippen molar-refractivity contribution >= 4 is 69.6 Å². The second-order valence-corrected chi connectivity index (χ2v) is 10.8. The molecule has 2 aromatic heterocycles. The molecule has 0 saturated carbocycles. The number of rotatable bonds is 10. The number of aryl methyl sites for hydroxylation is 1. The summed E-state index contributed by atoms with van der Waals surface area (Å²) < 4.78 is 0.509. The molecule has 33 heavy (non-hydrogen) atoms. The van der Waals surface area contributed by atoms with Crippen molar-refractivity contribution < 1.29 is 19.5 Å². The van der Waals surface area contributed by atoms with Crippen LogP contribution in [0.5, 0.6) is 0 Å². The van der Waals surface area contributed by atoms with E-state index in [4.69, 9.17) is 16.7 Å². The number of halogens is 2. The fraction of sp³-hybridized carbons (Fsp3) is 0.524. The molecule has 0 bridgehead atoms. The Balaban J connectivity index is 0.00000385. The monoisotopic (exact) mass is 534 g/mol. The Kier molecular flexibility index (Phi) is 10.6. The Morgan fingerprint density at radius 1 is 1.33 bits per heavy atom. The molecule has 0 aliphatic carbocycles. The lowest BCUT2D eigenvalue weighted by Crippen LogP contribution is -2.38. The Bertz CT molecular complexity index is 981. The molecule has 2 amide bonds. The molecule has 12 heteroatoms. The molecule has 0 aromatic carbocycles. The number of carboxylic acid groups (broad SMARTS) is 1. The van der Waals surface area contributed by atoms with E-state index < -0.39 is 5.97 Å². The van der Waals surface area contributed by atoms with Crippen LogP contribution in [-0.2, 0) is 9.59 Å². The lowest BCUT2D eigenvalue weighted by Gasteiger charge is -2.26. The number of likely N-dealkylation sites (tertiary alicyclic amines) is 1. The van der Waals surface area contributed by atoms with E-state index in [0.29, 0.717) is 41.1 Å². The summed E-state index contributed by atoms with van der Waals surface area (Å²) in [5, 5.41) is 12.0. The Hall–Kier alpha value is -1.72. The van der Waals surface area contributed by atoms with Crippen LogP contribution in [0.4, 0.5) is 5.13 Å². The van der Waals surface area contributed by atoms with Crippen LogP contribution in [0, 0.1) is 6.92 Å². The summed E-state index contributed by atoms with van der Waals surface area (Å²) in [5.74, 6) is -0.964. The highest BCUT2D eigenvalue weighted by Crippen LogP contribution is 2.38. The van der Waals surface area contributed by atoms with Gasteiger partial charge in [0.05, 0.1) is 24.3 Å². The van der Waals surface area contributed by atoms with Gasteiger partial charge in [0.1, 0.15) is 4.34 Å². The number of hydrogen-bond donors (Lipinski definition) is 2. The molecule has 1 saturated heterocycles. The first-order chi connectivity index (χ1) is 15.2. The number of anilines is 1. The number of thiophene rings is 1. The van der Waals surface area contributed by atoms with Crippen LogP contribution in [0.3, 0.4) is 0 Å². The molecule has 3 rings (SSSR count). The van der Waals surface area contributed by atoms with E-state index in [1.54, 1.807) is 11.3 Å². The zero-order chi connectivity index (χ0) is 23.3. The van der Waals surface area contributed by atoms with Gasteiger partial charge in [-0.15, -0.1) is 23.7 Å². The second-order valence-electron chi connectivity index (χ2n) is 7.88. The van der Waals surface area contributed by atoms with E-state index in [-0.39, 0.29) is 36.7 Å². The van der Waals surface area contributed by atoms with E-state index in [9.17, 15) is 14.4 Å². The maximum Gasteiger partial charge on any atom is 0.303 e.